The van der Waals surface area contributed by atoms with Crippen LogP contribution in [0.3, 0.4) is 0 Å². The number of hydrogen-bond donors (Lipinski definition) is 0. The minimum Gasteiger partial charge on any atom is -0.456 e. The lowest BCUT2D eigenvalue weighted by Crippen LogP contribution is -2.24. The SMILES string of the molecule is CC(=CCN1CCCCCC1)c1ccc(Oc2ccc(Cl)cc2Cl)cc1. The molecule has 1 aliphatic heterocycles. The molecular weight excluding hydrogens is 365 g/mol. The fourth-order valence-corrected chi connectivity index (χ4v) is 3.62. The maximum absolute atomic E-state index is 6.16. The molecule has 0 atom stereocenters. The largest absolute Gasteiger partial charge is 0.456 e. The van der Waals surface area contributed by atoms with Crippen molar-refractivity contribution < 1.29 is 4.74 Å². The number of benzene rings is 2. The average Bonchev–Trinajstić information content (AvgIpc) is 2.91. The Morgan fingerprint density at radius 2 is 1.69 bits per heavy atom. The van der Waals surface area contributed by atoms with Crippen LogP contribution in [0.2, 0.25) is 10.0 Å². The zero-order valence-electron chi connectivity index (χ0n) is 15.2. The van der Waals surface area contributed by atoms with E-state index in [0.717, 1.165) is 12.3 Å². The molecule has 0 amide bonds. The Morgan fingerprint density at radius 3 is 2.35 bits per heavy atom. The summed E-state index contributed by atoms with van der Waals surface area (Å²) in [6, 6.07) is 13.4. The highest BCUT2D eigenvalue weighted by atomic mass is 35.5. The van der Waals surface area contributed by atoms with E-state index in [1.54, 1.807) is 18.2 Å². The minimum atomic E-state index is 0.509. The summed E-state index contributed by atoms with van der Waals surface area (Å²) in [5.74, 6) is 1.37. The van der Waals surface area contributed by atoms with Gasteiger partial charge in [-0.3, -0.25) is 4.90 Å². The highest BCUT2D eigenvalue weighted by Gasteiger charge is 2.08. The minimum absolute atomic E-state index is 0.509. The summed E-state index contributed by atoms with van der Waals surface area (Å²) in [4.78, 5) is 2.55. The molecule has 3 rings (SSSR count). The van der Waals surface area contributed by atoms with E-state index in [1.807, 2.05) is 12.1 Å². The van der Waals surface area contributed by atoms with Crippen LogP contribution in [0.5, 0.6) is 11.5 Å². The molecule has 0 aromatic heterocycles. The summed E-state index contributed by atoms with van der Waals surface area (Å²) in [5, 5.41) is 1.11. The molecule has 26 heavy (non-hydrogen) atoms. The molecule has 2 nitrogen and oxygen atoms in total. The van der Waals surface area contributed by atoms with Crippen LogP contribution in [0, 0.1) is 0 Å². The third kappa shape index (κ3) is 5.51. The summed E-state index contributed by atoms with van der Waals surface area (Å²) in [5.41, 5.74) is 2.51. The first-order valence-corrected chi connectivity index (χ1v) is 10.00. The van der Waals surface area contributed by atoms with Crippen LogP contribution >= 0.6 is 23.2 Å². The van der Waals surface area contributed by atoms with Crippen molar-refractivity contribution in [2.45, 2.75) is 32.6 Å². The fourth-order valence-electron chi connectivity index (χ4n) is 3.17. The molecule has 0 N–H and O–H groups in total. The summed E-state index contributed by atoms with van der Waals surface area (Å²) >= 11 is 12.1. The van der Waals surface area contributed by atoms with Crippen LogP contribution in [-0.2, 0) is 0 Å². The number of hydrogen-bond acceptors (Lipinski definition) is 2. The lowest BCUT2D eigenvalue weighted by Gasteiger charge is -2.18. The van der Waals surface area contributed by atoms with E-state index in [9.17, 15) is 0 Å². The lowest BCUT2D eigenvalue weighted by molar-refractivity contribution is 0.316. The quantitative estimate of drug-likeness (QED) is 0.542. The molecule has 0 spiro atoms. The van der Waals surface area contributed by atoms with E-state index in [4.69, 9.17) is 27.9 Å². The number of halogens is 2. The van der Waals surface area contributed by atoms with Gasteiger partial charge in [0.15, 0.2) is 0 Å². The number of ether oxygens (including phenoxy) is 1. The van der Waals surface area contributed by atoms with Gasteiger partial charge in [-0.2, -0.15) is 0 Å². The Labute approximate surface area is 166 Å². The van der Waals surface area contributed by atoms with Crippen LogP contribution in [0.1, 0.15) is 38.2 Å². The Bertz CT molecular complexity index is 747. The first-order chi connectivity index (χ1) is 12.6. The van der Waals surface area contributed by atoms with E-state index < -0.39 is 0 Å². The molecule has 1 fully saturated rings. The number of rotatable bonds is 5. The molecule has 1 aliphatic rings. The predicted molar refractivity (Wildman–Crippen MR) is 112 cm³/mol. The van der Waals surface area contributed by atoms with Crippen molar-refractivity contribution in [3.8, 4) is 11.5 Å². The van der Waals surface area contributed by atoms with Crippen molar-refractivity contribution in [1.82, 2.24) is 4.90 Å². The van der Waals surface area contributed by atoms with Gasteiger partial charge in [0.25, 0.3) is 0 Å². The van der Waals surface area contributed by atoms with Crippen LogP contribution < -0.4 is 4.74 Å². The Morgan fingerprint density at radius 1 is 1.00 bits per heavy atom. The first kappa shape index (κ1) is 19.3. The van der Waals surface area contributed by atoms with E-state index in [-0.39, 0.29) is 0 Å². The average molecular weight is 390 g/mol. The van der Waals surface area contributed by atoms with Gasteiger partial charge in [0.05, 0.1) is 5.02 Å². The van der Waals surface area contributed by atoms with E-state index in [2.05, 4.69) is 30.0 Å². The number of likely N-dealkylation sites (tertiary alicyclic amines) is 1. The van der Waals surface area contributed by atoms with E-state index >= 15 is 0 Å². The molecule has 4 heteroatoms. The second kappa shape index (κ2) is 9.45. The van der Waals surface area contributed by atoms with Crippen molar-refractivity contribution in [2.75, 3.05) is 19.6 Å². The smallest absolute Gasteiger partial charge is 0.146 e. The summed E-state index contributed by atoms with van der Waals surface area (Å²) in [7, 11) is 0. The maximum Gasteiger partial charge on any atom is 0.146 e. The van der Waals surface area contributed by atoms with Gasteiger partial charge in [0.2, 0.25) is 0 Å². The molecule has 2 aromatic carbocycles. The summed E-state index contributed by atoms with van der Waals surface area (Å²) < 4.78 is 5.85. The maximum atomic E-state index is 6.16. The third-order valence-corrected chi connectivity index (χ3v) is 5.32. The van der Waals surface area contributed by atoms with Crippen LogP contribution in [0.15, 0.2) is 48.5 Å². The first-order valence-electron chi connectivity index (χ1n) is 9.24. The highest BCUT2D eigenvalue weighted by molar-refractivity contribution is 6.35. The van der Waals surface area contributed by atoms with Gasteiger partial charge < -0.3 is 4.74 Å². The zero-order valence-corrected chi connectivity index (χ0v) is 16.7. The number of nitrogens with zero attached hydrogens (tertiary/aromatic N) is 1. The highest BCUT2D eigenvalue weighted by Crippen LogP contribution is 2.32. The summed E-state index contributed by atoms with van der Waals surface area (Å²) in [6.07, 6.45) is 7.73. The van der Waals surface area contributed by atoms with Gasteiger partial charge in [-0.15, -0.1) is 0 Å². The Hall–Kier alpha value is -1.48. The lowest BCUT2D eigenvalue weighted by atomic mass is 10.1. The molecule has 1 heterocycles. The summed E-state index contributed by atoms with van der Waals surface area (Å²) in [6.45, 7) is 5.64. The van der Waals surface area contributed by atoms with Crippen LogP contribution in [-0.4, -0.2) is 24.5 Å². The molecule has 0 radical (unpaired) electrons. The zero-order chi connectivity index (χ0) is 18.4. The van der Waals surface area contributed by atoms with E-state index in [1.165, 1.54) is 49.9 Å². The fraction of sp³-hybridized carbons (Fsp3) is 0.364. The third-order valence-electron chi connectivity index (χ3n) is 4.79. The van der Waals surface area contributed by atoms with Crippen LogP contribution in [0.4, 0.5) is 0 Å². The predicted octanol–water partition coefficient (Wildman–Crippen LogP) is 7.07. The van der Waals surface area contributed by atoms with Crippen molar-refractivity contribution in [3.63, 3.8) is 0 Å². The van der Waals surface area contributed by atoms with Gasteiger partial charge in [-0.05, 0) is 74.3 Å². The molecule has 0 bridgehead atoms. The van der Waals surface area contributed by atoms with Crippen molar-refractivity contribution in [3.05, 3.63) is 64.1 Å². The Balaban J connectivity index is 1.61. The monoisotopic (exact) mass is 389 g/mol. The van der Waals surface area contributed by atoms with Gasteiger partial charge in [-0.25, -0.2) is 0 Å². The molecule has 1 saturated heterocycles. The second-order valence-electron chi connectivity index (χ2n) is 6.80. The Kier molecular flexibility index (Phi) is 7.01. The topological polar surface area (TPSA) is 12.5 Å². The van der Waals surface area contributed by atoms with Crippen molar-refractivity contribution in [1.29, 1.82) is 0 Å². The van der Waals surface area contributed by atoms with Gasteiger partial charge in [0, 0.05) is 11.6 Å². The van der Waals surface area contributed by atoms with Crippen LogP contribution in [0.25, 0.3) is 5.57 Å². The van der Waals surface area contributed by atoms with Gasteiger partial charge >= 0.3 is 0 Å². The molecule has 0 aliphatic carbocycles. The van der Waals surface area contributed by atoms with Crippen molar-refractivity contribution in [2.24, 2.45) is 0 Å². The van der Waals surface area contributed by atoms with Crippen molar-refractivity contribution >= 4 is 28.8 Å². The number of allylic oxidation sites excluding steroid dienone is 1. The molecule has 0 saturated carbocycles. The standard InChI is InChI=1S/C22H25Cl2NO/c1-17(12-15-25-13-4-2-3-5-14-25)18-6-9-20(10-7-18)26-22-11-8-19(23)16-21(22)24/h6-12,16H,2-5,13-15H2,1H3. The van der Waals surface area contributed by atoms with Gasteiger partial charge in [-0.1, -0.05) is 54.3 Å². The molecular formula is C22H25Cl2NO. The molecule has 0 unspecified atom stereocenters. The molecule has 2 aromatic rings. The van der Waals surface area contributed by atoms with Gasteiger partial charge in [0.1, 0.15) is 11.5 Å². The van der Waals surface area contributed by atoms with E-state index in [0.29, 0.717) is 15.8 Å². The normalized spacial score (nSPS) is 16.3. The second-order valence-corrected chi connectivity index (χ2v) is 7.65. The molecule has 138 valence electrons.